The first-order chi connectivity index (χ1) is 21.2. The van der Waals surface area contributed by atoms with Gasteiger partial charge in [0.25, 0.3) is 0 Å². The molecule has 44 heavy (non-hydrogen) atoms. The normalized spacial score (nSPS) is 11.1. The molecule has 5 rings (SSSR count). The average Bonchev–Trinajstić information content (AvgIpc) is 3.02. The van der Waals surface area contributed by atoms with Gasteiger partial charge in [0.2, 0.25) is 11.8 Å². The van der Waals surface area contributed by atoms with Crippen molar-refractivity contribution in [2.24, 2.45) is 0 Å². The van der Waals surface area contributed by atoms with E-state index in [1.807, 2.05) is 90.7 Å². The monoisotopic (exact) mass is 591 g/mol. The Hall–Kier alpha value is -5.31. The molecule has 9 nitrogen and oxygen atoms in total. The highest BCUT2D eigenvalue weighted by Crippen LogP contribution is 2.36. The second-order valence-electron chi connectivity index (χ2n) is 11.1. The fourth-order valence-corrected chi connectivity index (χ4v) is 4.87. The van der Waals surface area contributed by atoms with Gasteiger partial charge in [0, 0.05) is 41.3 Å². The van der Waals surface area contributed by atoms with E-state index in [9.17, 15) is 4.79 Å². The molecule has 0 atom stereocenters. The van der Waals surface area contributed by atoms with E-state index in [-0.39, 0.29) is 11.4 Å². The minimum absolute atomic E-state index is 0.0838. The van der Waals surface area contributed by atoms with Gasteiger partial charge in [0.05, 0.1) is 25.6 Å². The van der Waals surface area contributed by atoms with Crippen molar-refractivity contribution in [2.45, 2.75) is 33.1 Å². The summed E-state index contributed by atoms with van der Waals surface area (Å²) in [4.78, 5) is 24.3. The number of amides is 2. The van der Waals surface area contributed by atoms with Crippen molar-refractivity contribution >= 4 is 39.8 Å². The lowest BCUT2D eigenvalue weighted by Gasteiger charge is -2.22. The fourth-order valence-electron chi connectivity index (χ4n) is 4.87. The molecule has 0 saturated heterocycles. The second kappa shape index (κ2) is 12.9. The summed E-state index contributed by atoms with van der Waals surface area (Å²) in [7, 11) is 3.22. The molecular formula is C35H37N5O4. The number of carbonyl (C=O) groups is 1. The molecule has 0 aliphatic rings. The molecule has 0 bridgehead atoms. The molecule has 1 aromatic heterocycles. The summed E-state index contributed by atoms with van der Waals surface area (Å²) in [5.74, 6) is 2.83. The van der Waals surface area contributed by atoms with Crippen LogP contribution in [0.2, 0.25) is 0 Å². The number of anilines is 4. The summed E-state index contributed by atoms with van der Waals surface area (Å²) in [5, 5.41) is 7.57. The van der Waals surface area contributed by atoms with E-state index in [2.05, 4.69) is 36.4 Å². The van der Waals surface area contributed by atoms with Crippen molar-refractivity contribution < 1.29 is 19.0 Å². The Kier molecular flexibility index (Phi) is 8.85. The van der Waals surface area contributed by atoms with Gasteiger partial charge in [-0.15, -0.1) is 0 Å². The number of fused-ring (bicyclic) bond motifs is 1. The Morgan fingerprint density at radius 2 is 1.57 bits per heavy atom. The maximum absolute atomic E-state index is 13.2. The number of aromatic nitrogens is 2. The highest BCUT2D eigenvalue weighted by atomic mass is 16.5. The highest BCUT2D eigenvalue weighted by Gasteiger charge is 2.18. The molecule has 0 aliphatic carbocycles. The van der Waals surface area contributed by atoms with Crippen LogP contribution in [0.5, 0.6) is 23.1 Å². The summed E-state index contributed by atoms with van der Waals surface area (Å²) < 4.78 is 17.2. The van der Waals surface area contributed by atoms with Crippen LogP contribution in [0.3, 0.4) is 0 Å². The Balaban J connectivity index is 1.39. The number of methoxy groups -OCH3 is 2. The van der Waals surface area contributed by atoms with E-state index in [1.165, 1.54) is 0 Å². The number of nitrogens with zero attached hydrogens (tertiary/aromatic N) is 3. The standard InChI is InChI=1S/C35H37N5O4/c1-7-40(24-11-10-12-25(22-24)42-5)33-36-20-19-32(39-33)44-30-18-16-28(26-13-8-9-14-27(26)30)37-34(41)38-29-21-23(35(2,3)4)15-17-31(29)43-6/h8-22H,7H2,1-6H3,(H2,37,38,41). The van der Waals surface area contributed by atoms with Gasteiger partial charge in [-0.3, -0.25) is 0 Å². The van der Waals surface area contributed by atoms with Crippen LogP contribution in [-0.4, -0.2) is 36.8 Å². The minimum atomic E-state index is -0.383. The zero-order valence-corrected chi connectivity index (χ0v) is 25.8. The first-order valence-corrected chi connectivity index (χ1v) is 14.4. The van der Waals surface area contributed by atoms with Crippen LogP contribution in [0.4, 0.5) is 27.8 Å². The zero-order chi connectivity index (χ0) is 31.3. The van der Waals surface area contributed by atoms with Crippen LogP contribution >= 0.6 is 0 Å². The van der Waals surface area contributed by atoms with Gasteiger partial charge in [0.1, 0.15) is 17.2 Å². The van der Waals surface area contributed by atoms with E-state index in [4.69, 9.17) is 19.2 Å². The smallest absolute Gasteiger partial charge is 0.323 e. The molecule has 2 N–H and O–H groups in total. The van der Waals surface area contributed by atoms with E-state index < -0.39 is 0 Å². The number of hydrogen-bond donors (Lipinski definition) is 2. The largest absolute Gasteiger partial charge is 0.497 e. The SMILES string of the molecule is CCN(c1cccc(OC)c1)c1nccc(Oc2ccc(NC(=O)Nc3cc(C(C)(C)C)ccc3OC)c3ccccc23)n1. The Bertz CT molecular complexity index is 1780. The lowest BCUT2D eigenvalue weighted by atomic mass is 9.87. The van der Waals surface area contributed by atoms with Gasteiger partial charge in [0.15, 0.2) is 0 Å². The van der Waals surface area contributed by atoms with Crippen molar-refractivity contribution in [3.05, 3.63) is 96.7 Å². The van der Waals surface area contributed by atoms with Crippen molar-refractivity contribution in [1.29, 1.82) is 0 Å². The number of urea groups is 1. The van der Waals surface area contributed by atoms with Crippen LogP contribution in [0.25, 0.3) is 10.8 Å². The summed E-state index contributed by atoms with van der Waals surface area (Å²) in [6, 6.07) is 26.3. The van der Waals surface area contributed by atoms with E-state index >= 15 is 0 Å². The number of rotatable bonds is 9. The molecular weight excluding hydrogens is 554 g/mol. The summed E-state index contributed by atoms with van der Waals surface area (Å²) in [6.07, 6.45) is 1.67. The predicted molar refractivity (Wildman–Crippen MR) is 176 cm³/mol. The Morgan fingerprint density at radius 1 is 0.818 bits per heavy atom. The molecule has 0 aliphatic heterocycles. The van der Waals surface area contributed by atoms with Gasteiger partial charge < -0.3 is 29.7 Å². The lowest BCUT2D eigenvalue weighted by molar-refractivity contribution is 0.262. The molecule has 0 saturated carbocycles. The quantitative estimate of drug-likeness (QED) is 0.177. The second-order valence-corrected chi connectivity index (χ2v) is 11.1. The van der Waals surface area contributed by atoms with E-state index in [0.717, 1.165) is 27.8 Å². The highest BCUT2D eigenvalue weighted by molar-refractivity contribution is 6.08. The van der Waals surface area contributed by atoms with Crippen LogP contribution in [0, 0.1) is 0 Å². The first kappa shape index (κ1) is 30.2. The molecule has 9 heteroatoms. The van der Waals surface area contributed by atoms with Gasteiger partial charge in [-0.2, -0.15) is 4.98 Å². The third kappa shape index (κ3) is 6.67. The molecule has 0 unspecified atom stereocenters. The average molecular weight is 592 g/mol. The molecule has 226 valence electrons. The van der Waals surface area contributed by atoms with Crippen molar-refractivity contribution in [2.75, 3.05) is 36.3 Å². The van der Waals surface area contributed by atoms with Gasteiger partial charge in [-0.25, -0.2) is 9.78 Å². The van der Waals surface area contributed by atoms with Crippen molar-refractivity contribution in [3.63, 3.8) is 0 Å². The number of benzene rings is 4. The predicted octanol–water partition coefficient (Wildman–Crippen LogP) is 8.54. The van der Waals surface area contributed by atoms with Crippen molar-refractivity contribution in [1.82, 2.24) is 9.97 Å². The number of nitrogens with one attached hydrogen (secondary N) is 2. The molecule has 0 fully saturated rings. The van der Waals surface area contributed by atoms with E-state index in [1.54, 1.807) is 26.5 Å². The maximum atomic E-state index is 13.2. The van der Waals surface area contributed by atoms with Crippen molar-refractivity contribution in [3.8, 4) is 23.1 Å². The summed E-state index contributed by atoms with van der Waals surface area (Å²) in [5.41, 5.74) is 3.13. The topological polar surface area (TPSA) is 97.8 Å². The van der Waals surface area contributed by atoms with Crippen LogP contribution < -0.4 is 29.7 Å². The third-order valence-electron chi connectivity index (χ3n) is 7.20. The summed E-state index contributed by atoms with van der Waals surface area (Å²) >= 11 is 0. The molecule has 1 heterocycles. The zero-order valence-electron chi connectivity index (χ0n) is 25.8. The van der Waals surface area contributed by atoms with Crippen LogP contribution in [0.15, 0.2) is 91.1 Å². The number of hydrogen-bond acceptors (Lipinski definition) is 7. The maximum Gasteiger partial charge on any atom is 0.323 e. The number of ether oxygens (including phenoxy) is 3. The lowest BCUT2D eigenvalue weighted by Crippen LogP contribution is -2.21. The fraction of sp³-hybridized carbons (Fsp3) is 0.229. The third-order valence-corrected chi connectivity index (χ3v) is 7.20. The minimum Gasteiger partial charge on any atom is -0.497 e. The molecule has 2 amide bonds. The molecule has 5 aromatic rings. The van der Waals surface area contributed by atoms with Crippen LogP contribution in [-0.2, 0) is 5.41 Å². The molecule has 0 spiro atoms. The van der Waals surface area contributed by atoms with Gasteiger partial charge in [-0.05, 0) is 54.3 Å². The Labute approximate surface area is 257 Å². The first-order valence-electron chi connectivity index (χ1n) is 14.4. The summed E-state index contributed by atoms with van der Waals surface area (Å²) in [6.45, 7) is 9.04. The van der Waals surface area contributed by atoms with Gasteiger partial charge in [-0.1, -0.05) is 57.2 Å². The molecule has 0 radical (unpaired) electrons. The Morgan fingerprint density at radius 3 is 2.30 bits per heavy atom. The van der Waals surface area contributed by atoms with Crippen LogP contribution in [0.1, 0.15) is 33.3 Å². The number of carbonyl (C=O) groups excluding carboxylic acids is 1. The van der Waals surface area contributed by atoms with E-state index in [0.29, 0.717) is 41.2 Å². The van der Waals surface area contributed by atoms with Gasteiger partial charge >= 0.3 is 6.03 Å². The molecule has 4 aromatic carbocycles.